The monoisotopic (exact) mass is 179 g/mol. The molecule has 0 fully saturated rings. The number of rotatable bonds is 5. The Hall–Kier alpha value is -1.09. The highest BCUT2D eigenvalue weighted by atomic mass is 14.9. The lowest BCUT2D eigenvalue weighted by atomic mass is 10.2. The molecule has 1 aromatic heterocycles. The van der Waals surface area contributed by atoms with Gasteiger partial charge in [0.1, 0.15) is 0 Å². The van der Waals surface area contributed by atoms with Crippen LogP contribution >= 0.6 is 0 Å². The molecule has 0 aliphatic rings. The average Bonchev–Trinajstić information content (AvgIpc) is 2.16. The van der Waals surface area contributed by atoms with E-state index in [1.54, 1.807) is 12.4 Å². The van der Waals surface area contributed by atoms with Crippen molar-refractivity contribution >= 4 is 5.69 Å². The lowest BCUT2D eigenvalue weighted by Gasteiger charge is -2.14. The fourth-order valence-electron chi connectivity index (χ4n) is 1.23. The van der Waals surface area contributed by atoms with Crippen LogP contribution in [0.15, 0.2) is 24.5 Å². The van der Waals surface area contributed by atoms with Gasteiger partial charge in [0.2, 0.25) is 0 Å². The molecule has 0 saturated heterocycles. The summed E-state index contributed by atoms with van der Waals surface area (Å²) in [6.45, 7) is 2.93. The minimum Gasteiger partial charge on any atom is -0.383 e. The number of hydrogen-bond acceptors (Lipinski definition) is 3. The first-order valence-corrected chi connectivity index (χ1v) is 4.69. The highest BCUT2D eigenvalue weighted by molar-refractivity contribution is 5.41. The molecule has 3 heteroatoms. The van der Waals surface area contributed by atoms with Crippen molar-refractivity contribution in [2.45, 2.75) is 25.8 Å². The molecule has 1 aromatic rings. The fourth-order valence-corrected chi connectivity index (χ4v) is 1.23. The molecule has 0 saturated carbocycles. The summed E-state index contributed by atoms with van der Waals surface area (Å²) in [5, 5.41) is 3.38. The normalized spacial score (nSPS) is 12.5. The molecule has 0 aliphatic carbocycles. The Bertz CT molecular complexity index is 223. The smallest absolute Gasteiger partial charge is 0.0373 e. The predicted molar refractivity (Wildman–Crippen MR) is 55.6 cm³/mol. The zero-order valence-corrected chi connectivity index (χ0v) is 8.03. The number of anilines is 1. The summed E-state index contributed by atoms with van der Waals surface area (Å²) in [6.07, 6.45) is 5.76. The van der Waals surface area contributed by atoms with Gasteiger partial charge in [-0.15, -0.1) is 0 Å². The molecule has 1 rings (SSSR count). The van der Waals surface area contributed by atoms with E-state index in [0.717, 1.165) is 25.1 Å². The van der Waals surface area contributed by atoms with Crippen LogP contribution < -0.4 is 11.1 Å². The van der Waals surface area contributed by atoms with Gasteiger partial charge in [0.05, 0.1) is 0 Å². The van der Waals surface area contributed by atoms with Gasteiger partial charge in [-0.1, -0.05) is 0 Å². The Morgan fingerprint density at radius 1 is 1.46 bits per heavy atom. The lowest BCUT2D eigenvalue weighted by molar-refractivity contribution is 0.663. The first-order chi connectivity index (χ1) is 6.33. The van der Waals surface area contributed by atoms with Crippen LogP contribution in [0, 0.1) is 0 Å². The zero-order chi connectivity index (χ0) is 9.52. The molecule has 3 nitrogen and oxygen atoms in total. The number of nitrogens with two attached hydrogens (primary N) is 1. The van der Waals surface area contributed by atoms with Gasteiger partial charge >= 0.3 is 0 Å². The van der Waals surface area contributed by atoms with E-state index in [1.807, 2.05) is 12.1 Å². The Labute approximate surface area is 79.4 Å². The van der Waals surface area contributed by atoms with Gasteiger partial charge in [-0.2, -0.15) is 0 Å². The zero-order valence-electron chi connectivity index (χ0n) is 8.03. The van der Waals surface area contributed by atoms with E-state index in [1.165, 1.54) is 0 Å². The Morgan fingerprint density at radius 3 is 2.77 bits per heavy atom. The second-order valence-electron chi connectivity index (χ2n) is 3.21. The molecule has 1 atom stereocenters. The van der Waals surface area contributed by atoms with Gasteiger partial charge in [0.25, 0.3) is 0 Å². The number of aromatic nitrogens is 1. The number of nitrogens with zero attached hydrogens (tertiary/aromatic N) is 1. The summed E-state index contributed by atoms with van der Waals surface area (Å²) in [6, 6.07) is 4.42. The van der Waals surface area contributed by atoms with Crippen LogP contribution in [0.4, 0.5) is 5.69 Å². The summed E-state index contributed by atoms with van der Waals surface area (Å²) < 4.78 is 0. The summed E-state index contributed by atoms with van der Waals surface area (Å²) in [5.74, 6) is 0. The maximum Gasteiger partial charge on any atom is 0.0373 e. The number of hydrogen-bond donors (Lipinski definition) is 2. The van der Waals surface area contributed by atoms with Crippen molar-refractivity contribution in [2.75, 3.05) is 11.9 Å². The first kappa shape index (κ1) is 9.99. The molecule has 0 amide bonds. The SMILES string of the molecule is CC(CCCN)Nc1ccncc1. The molecular formula is C10H17N3. The number of nitrogens with one attached hydrogen (secondary N) is 1. The van der Waals surface area contributed by atoms with Gasteiger partial charge in [-0.3, -0.25) is 4.98 Å². The summed E-state index contributed by atoms with van der Waals surface area (Å²) in [5.41, 5.74) is 6.56. The van der Waals surface area contributed by atoms with Crippen molar-refractivity contribution in [3.63, 3.8) is 0 Å². The molecule has 1 heterocycles. The molecule has 13 heavy (non-hydrogen) atoms. The Balaban J connectivity index is 2.32. The van der Waals surface area contributed by atoms with Crippen LogP contribution in [0.25, 0.3) is 0 Å². The fraction of sp³-hybridized carbons (Fsp3) is 0.500. The number of pyridine rings is 1. The van der Waals surface area contributed by atoms with Crippen molar-refractivity contribution in [3.8, 4) is 0 Å². The molecule has 72 valence electrons. The van der Waals surface area contributed by atoms with E-state index >= 15 is 0 Å². The highest BCUT2D eigenvalue weighted by Gasteiger charge is 1.99. The second kappa shape index (κ2) is 5.54. The van der Waals surface area contributed by atoms with E-state index in [4.69, 9.17) is 5.73 Å². The minimum atomic E-state index is 0.478. The van der Waals surface area contributed by atoms with E-state index in [9.17, 15) is 0 Å². The summed E-state index contributed by atoms with van der Waals surface area (Å²) in [4.78, 5) is 3.95. The maximum absolute atomic E-state index is 5.43. The quantitative estimate of drug-likeness (QED) is 0.722. The third-order valence-electron chi connectivity index (χ3n) is 1.93. The van der Waals surface area contributed by atoms with E-state index < -0.39 is 0 Å². The standard InChI is InChI=1S/C10H17N3/c1-9(3-2-6-11)13-10-4-7-12-8-5-10/h4-5,7-9H,2-3,6,11H2,1H3,(H,12,13). The third kappa shape index (κ3) is 3.90. The van der Waals surface area contributed by atoms with Crippen LogP contribution in [0.2, 0.25) is 0 Å². The molecule has 0 aliphatic heterocycles. The maximum atomic E-state index is 5.43. The van der Waals surface area contributed by atoms with Crippen LogP contribution in [-0.4, -0.2) is 17.6 Å². The molecule has 3 N–H and O–H groups in total. The second-order valence-corrected chi connectivity index (χ2v) is 3.21. The van der Waals surface area contributed by atoms with E-state index in [2.05, 4.69) is 17.2 Å². The molecular weight excluding hydrogens is 162 g/mol. The predicted octanol–water partition coefficient (Wildman–Crippen LogP) is 1.62. The van der Waals surface area contributed by atoms with E-state index in [-0.39, 0.29) is 0 Å². The van der Waals surface area contributed by atoms with Gasteiger partial charge < -0.3 is 11.1 Å². The average molecular weight is 179 g/mol. The van der Waals surface area contributed by atoms with Crippen LogP contribution in [0.5, 0.6) is 0 Å². The van der Waals surface area contributed by atoms with Crippen molar-refractivity contribution in [1.82, 2.24) is 4.98 Å². The van der Waals surface area contributed by atoms with Crippen LogP contribution in [0.1, 0.15) is 19.8 Å². The topological polar surface area (TPSA) is 50.9 Å². The van der Waals surface area contributed by atoms with Gasteiger partial charge in [0, 0.05) is 24.1 Å². The summed E-state index contributed by atoms with van der Waals surface area (Å²) in [7, 11) is 0. The minimum absolute atomic E-state index is 0.478. The van der Waals surface area contributed by atoms with E-state index in [0.29, 0.717) is 6.04 Å². The van der Waals surface area contributed by atoms with Gasteiger partial charge in [-0.05, 0) is 38.4 Å². The molecule has 1 unspecified atom stereocenters. The highest BCUT2D eigenvalue weighted by Crippen LogP contribution is 2.07. The summed E-state index contributed by atoms with van der Waals surface area (Å²) >= 11 is 0. The molecule has 0 bridgehead atoms. The first-order valence-electron chi connectivity index (χ1n) is 4.69. The van der Waals surface area contributed by atoms with Crippen LogP contribution in [-0.2, 0) is 0 Å². The Kier molecular flexibility index (Phi) is 4.26. The van der Waals surface area contributed by atoms with Gasteiger partial charge in [0.15, 0.2) is 0 Å². The van der Waals surface area contributed by atoms with Crippen molar-refractivity contribution < 1.29 is 0 Å². The van der Waals surface area contributed by atoms with Gasteiger partial charge in [-0.25, -0.2) is 0 Å². The Morgan fingerprint density at radius 2 is 2.15 bits per heavy atom. The largest absolute Gasteiger partial charge is 0.383 e. The van der Waals surface area contributed by atoms with Crippen molar-refractivity contribution in [1.29, 1.82) is 0 Å². The van der Waals surface area contributed by atoms with Crippen LogP contribution in [0.3, 0.4) is 0 Å². The van der Waals surface area contributed by atoms with Crippen molar-refractivity contribution in [3.05, 3.63) is 24.5 Å². The molecule has 0 spiro atoms. The molecule has 0 aromatic carbocycles. The van der Waals surface area contributed by atoms with Crippen molar-refractivity contribution in [2.24, 2.45) is 5.73 Å². The molecule has 0 radical (unpaired) electrons. The lowest BCUT2D eigenvalue weighted by Crippen LogP contribution is -2.16. The third-order valence-corrected chi connectivity index (χ3v) is 1.93.